The Hall–Kier alpha value is -3.30. The first-order valence-corrected chi connectivity index (χ1v) is 6.95. The lowest BCUT2D eigenvalue weighted by atomic mass is 10.2. The van der Waals surface area contributed by atoms with Gasteiger partial charge in [0, 0.05) is 7.05 Å². The van der Waals surface area contributed by atoms with E-state index in [-0.39, 0.29) is 16.7 Å². The molecule has 0 aliphatic heterocycles. The van der Waals surface area contributed by atoms with Crippen LogP contribution in [0.5, 0.6) is 0 Å². The highest BCUT2D eigenvalue weighted by Crippen LogP contribution is 2.30. The van der Waals surface area contributed by atoms with Gasteiger partial charge in [0.15, 0.2) is 5.69 Å². The normalized spacial score (nSPS) is 11.5. The number of amides is 1. The van der Waals surface area contributed by atoms with Crippen LogP contribution in [-0.2, 0) is 6.18 Å². The van der Waals surface area contributed by atoms with Crippen LogP contribution in [0.2, 0.25) is 0 Å². The van der Waals surface area contributed by atoms with Crippen molar-refractivity contribution in [2.24, 2.45) is 0 Å². The van der Waals surface area contributed by atoms with Gasteiger partial charge in [-0.1, -0.05) is 6.07 Å². The van der Waals surface area contributed by atoms with Crippen molar-refractivity contribution in [3.63, 3.8) is 0 Å². The van der Waals surface area contributed by atoms with Crippen LogP contribution in [0.3, 0.4) is 0 Å². The number of rotatable bonds is 2. The summed E-state index contributed by atoms with van der Waals surface area (Å²) in [5.41, 5.74) is -2.14. The van der Waals surface area contributed by atoms with E-state index in [0.29, 0.717) is 0 Å². The zero-order valence-electron chi connectivity index (χ0n) is 12.7. The van der Waals surface area contributed by atoms with Crippen molar-refractivity contribution in [2.45, 2.75) is 6.18 Å². The first-order chi connectivity index (χ1) is 11.8. The van der Waals surface area contributed by atoms with Crippen LogP contribution < -0.4 is 10.7 Å². The Morgan fingerprint density at radius 1 is 1.28 bits per heavy atom. The second kappa shape index (κ2) is 5.96. The zero-order chi connectivity index (χ0) is 18.2. The third kappa shape index (κ3) is 2.93. The van der Waals surface area contributed by atoms with Crippen LogP contribution in [0.25, 0.3) is 16.7 Å². The first-order valence-electron chi connectivity index (χ1n) is 6.95. The molecule has 128 valence electrons. The van der Waals surface area contributed by atoms with Crippen molar-refractivity contribution >= 4 is 16.9 Å². The Balaban J connectivity index is 2.35. The Bertz CT molecular complexity index is 1030. The predicted octanol–water partition coefficient (Wildman–Crippen LogP) is 1.55. The fraction of sp³-hybridized carbons (Fsp3) is 0.133. The zero-order valence-corrected chi connectivity index (χ0v) is 12.7. The van der Waals surface area contributed by atoms with Crippen LogP contribution >= 0.6 is 0 Å². The van der Waals surface area contributed by atoms with Gasteiger partial charge in [0.1, 0.15) is 17.4 Å². The number of hydrogen-bond acceptors (Lipinski definition) is 5. The second-order valence-corrected chi connectivity index (χ2v) is 4.97. The molecule has 10 heteroatoms. The standard InChI is InChI=1S/C15H10F3N5O2/c1-19-14(25)12-13(24)11-10(6-20-7-21-11)23(22-12)9-4-2-3-8(5-9)15(16,17)18/h2-7H,1H3,(H,19,25). The molecule has 1 amide bonds. The number of fused-ring (bicyclic) bond motifs is 1. The first kappa shape index (κ1) is 16.6. The molecule has 1 aromatic carbocycles. The van der Waals surface area contributed by atoms with Gasteiger partial charge >= 0.3 is 6.18 Å². The number of halogens is 3. The summed E-state index contributed by atoms with van der Waals surface area (Å²) < 4.78 is 39.9. The smallest absolute Gasteiger partial charge is 0.354 e. The Kier molecular flexibility index (Phi) is 3.95. The molecule has 0 aliphatic carbocycles. The summed E-state index contributed by atoms with van der Waals surface area (Å²) in [6.07, 6.45) is -2.20. The molecule has 0 aliphatic rings. The van der Waals surface area contributed by atoms with Gasteiger partial charge in [-0.2, -0.15) is 18.3 Å². The maximum absolute atomic E-state index is 13.0. The van der Waals surface area contributed by atoms with E-state index in [2.05, 4.69) is 20.4 Å². The van der Waals surface area contributed by atoms with E-state index in [0.717, 1.165) is 23.1 Å². The van der Waals surface area contributed by atoms with Crippen molar-refractivity contribution in [1.29, 1.82) is 0 Å². The number of carbonyl (C=O) groups is 1. The fourth-order valence-corrected chi connectivity index (χ4v) is 2.24. The third-order valence-electron chi connectivity index (χ3n) is 3.41. The molecule has 0 fully saturated rings. The number of aromatic nitrogens is 4. The molecule has 0 saturated carbocycles. The van der Waals surface area contributed by atoms with Crippen molar-refractivity contribution in [3.8, 4) is 5.69 Å². The molecule has 2 heterocycles. The van der Waals surface area contributed by atoms with Gasteiger partial charge in [0.05, 0.1) is 17.4 Å². The highest BCUT2D eigenvalue weighted by atomic mass is 19.4. The van der Waals surface area contributed by atoms with E-state index >= 15 is 0 Å². The second-order valence-electron chi connectivity index (χ2n) is 4.97. The summed E-state index contributed by atoms with van der Waals surface area (Å²) in [6, 6.07) is 4.34. The Morgan fingerprint density at radius 2 is 2.04 bits per heavy atom. The minimum absolute atomic E-state index is 0.0137. The highest BCUT2D eigenvalue weighted by molar-refractivity contribution is 5.94. The number of alkyl halides is 3. The minimum Gasteiger partial charge on any atom is -0.354 e. The molecule has 3 aromatic rings. The summed E-state index contributed by atoms with van der Waals surface area (Å²) in [4.78, 5) is 31.8. The minimum atomic E-state index is -4.55. The average Bonchev–Trinajstić information content (AvgIpc) is 2.61. The fourth-order valence-electron chi connectivity index (χ4n) is 2.24. The van der Waals surface area contributed by atoms with Gasteiger partial charge in [-0.3, -0.25) is 9.59 Å². The molecule has 0 unspecified atom stereocenters. The lowest BCUT2D eigenvalue weighted by Gasteiger charge is -2.13. The van der Waals surface area contributed by atoms with E-state index in [1.54, 1.807) is 0 Å². The van der Waals surface area contributed by atoms with E-state index < -0.39 is 28.8 Å². The van der Waals surface area contributed by atoms with E-state index in [1.165, 1.54) is 25.4 Å². The number of carbonyl (C=O) groups excluding carboxylic acids is 1. The summed E-state index contributed by atoms with van der Waals surface area (Å²) in [7, 11) is 1.31. The van der Waals surface area contributed by atoms with Gasteiger partial charge in [-0.25, -0.2) is 14.6 Å². The van der Waals surface area contributed by atoms with Crippen LogP contribution in [0.15, 0.2) is 41.6 Å². The van der Waals surface area contributed by atoms with Gasteiger partial charge < -0.3 is 5.32 Å². The van der Waals surface area contributed by atoms with Crippen molar-refractivity contribution in [2.75, 3.05) is 7.05 Å². The average molecular weight is 349 g/mol. The van der Waals surface area contributed by atoms with Crippen LogP contribution in [0, 0.1) is 0 Å². The van der Waals surface area contributed by atoms with Gasteiger partial charge in [0.2, 0.25) is 5.43 Å². The molecule has 7 nitrogen and oxygen atoms in total. The topological polar surface area (TPSA) is 89.8 Å². The van der Waals surface area contributed by atoms with Crippen LogP contribution in [0.1, 0.15) is 16.1 Å². The van der Waals surface area contributed by atoms with E-state index in [1.807, 2.05) is 0 Å². The molecule has 0 spiro atoms. The van der Waals surface area contributed by atoms with Crippen LogP contribution in [0.4, 0.5) is 13.2 Å². The number of nitrogens with zero attached hydrogens (tertiary/aromatic N) is 4. The maximum atomic E-state index is 13.0. The monoisotopic (exact) mass is 349 g/mol. The third-order valence-corrected chi connectivity index (χ3v) is 3.41. The molecule has 0 saturated heterocycles. The molecule has 25 heavy (non-hydrogen) atoms. The van der Waals surface area contributed by atoms with Crippen molar-refractivity contribution in [1.82, 2.24) is 25.1 Å². The molecule has 0 bridgehead atoms. The quantitative estimate of drug-likeness (QED) is 0.758. The molecule has 1 N–H and O–H groups in total. The lowest BCUT2D eigenvalue weighted by Crippen LogP contribution is -2.30. The summed E-state index contributed by atoms with van der Waals surface area (Å²) in [6.45, 7) is 0. The van der Waals surface area contributed by atoms with E-state index in [9.17, 15) is 22.8 Å². The van der Waals surface area contributed by atoms with Gasteiger partial charge in [0.25, 0.3) is 5.91 Å². The highest BCUT2D eigenvalue weighted by Gasteiger charge is 2.30. The number of benzene rings is 1. The molecule has 0 radical (unpaired) electrons. The molecule has 2 aromatic heterocycles. The molecule has 0 atom stereocenters. The van der Waals surface area contributed by atoms with Gasteiger partial charge in [-0.05, 0) is 18.2 Å². The van der Waals surface area contributed by atoms with Gasteiger partial charge in [-0.15, -0.1) is 0 Å². The molecule has 3 rings (SSSR count). The van der Waals surface area contributed by atoms with E-state index in [4.69, 9.17) is 0 Å². The summed E-state index contributed by atoms with van der Waals surface area (Å²) >= 11 is 0. The van der Waals surface area contributed by atoms with Crippen LogP contribution in [-0.4, -0.2) is 32.7 Å². The maximum Gasteiger partial charge on any atom is 0.416 e. The summed E-state index contributed by atoms with van der Waals surface area (Å²) in [5, 5.41) is 6.17. The van der Waals surface area contributed by atoms with Crippen molar-refractivity contribution in [3.05, 3.63) is 58.3 Å². The number of hydrogen-bond donors (Lipinski definition) is 1. The summed E-state index contributed by atoms with van der Waals surface area (Å²) in [5.74, 6) is -0.772. The Morgan fingerprint density at radius 3 is 2.72 bits per heavy atom. The largest absolute Gasteiger partial charge is 0.416 e. The lowest BCUT2D eigenvalue weighted by molar-refractivity contribution is -0.137. The SMILES string of the molecule is CNC(=O)c1nn(-c2cccc(C(F)(F)F)c2)c2cncnc2c1=O. The Labute approximate surface area is 138 Å². The number of nitrogens with one attached hydrogen (secondary N) is 1. The predicted molar refractivity (Wildman–Crippen MR) is 81.3 cm³/mol. The molecular weight excluding hydrogens is 339 g/mol. The van der Waals surface area contributed by atoms with Crippen molar-refractivity contribution < 1.29 is 18.0 Å². The molecular formula is C15H10F3N5O2.